The molecule has 1 unspecified atom stereocenters. The SMILES string of the molecule is COC1CN(C2CCN(c3cccc4ccc(F)nc34)CC2)CCN1c1cccc2cccnc12. The van der Waals surface area contributed by atoms with Crippen LogP contribution >= 0.6 is 0 Å². The van der Waals surface area contributed by atoms with Gasteiger partial charge in [-0.15, -0.1) is 0 Å². The maximum atomic E-state index is 13.8. The minimum absolute atomic E-state index is 0.0142. The molecule has 4 aromatic rings. The van der Waals surface area contributed by atoms with E-state index in [-0.39, 0.29) is 6.23 Å². The molecule has 2 fully saturated rings. The monoisotopic (exact) mass is 471 g/mol. The average molecular weight is 472 g/mol. The summed E-state index contributed by atoms with van der Waals surface area (Å²) in [4.78, 5) is 16.1. The van der Waals surface area contributed by atoms with Crippen molar-refractivity contribution < 1.29 is 9.13 Å². The first-order valence-electron chi connectivity index (χ1n) is 12.4. The van der Waals surface area contributed by atoms with Crippen molar-refractivity contribution in [3.05, 3.63) is 72.8 Å². The third kappa shape index (κ3) is 4.19. The van der Waals surface area contributed by atoms with Gasteiger partial charge in [0, 0.05) is 62.8 Å². The van der Waals surface area contributed by atoms with Crippen molar-refractivity contribution >= 4 is 33.2 Å². The highest BCUT2D eigenvalue weighted by Crippen LogP contribution is 2.32. The summed E-state index contributed by atoms with van der Waals surface area (Å²) in [7, 11) is 1.80. The number of hydrogen-bond acceptors (Lipinski definition) is 6. The van der Waals surface area contributed by atoms with Crippen LogP contribution in [-0.4, -0.2) is 67.0 Å². The predicted molar refractivity (Wildman–Crippen MR) is 138 cm³/mol. The second-order valence-corrected chi connectivity index (χ2v) is 9.43. The van der Waals surface area contributed by atoms with Crippen molar-refractivity contribution in [2.75, 3.05) is 49.6 Å². The van der Waals surface area contributed by atoms with E-state index in [1.54, 1.807) is 7.11 Å². The lowest BCUT2D eigenvalue weighted by Gasteiger charge is -2.47. The number of nitrogens with zero attached hydrogens (tertiary/aromatic N) is 5. The number of aromatic nitrogens is 2. The Morgan fingerprint density at radius 3 is 2.37 bits per heavy atom. The van der Waals surface area contributed by atoms with Gasteiger partial charge in [-0.05, 0) is 43.2 Å². The first kappa shape index (κ1) is 22.2. The molecule has 0 amide bonds. The number of fused-ring (bicyclic) bond motifs is 2. The quantitative estimate of drug-likeness (QED) is 0.403. The van der Waals surface area contributed by atoms with Gasteiger partial charge in [0.2, 0.25) is 5.95 Å². The van der Waals surface area contributed by atoms with Crippen molar-refractivity contribution in [1.82, 2.24) is 14.9 Å². The number of anilines is 2. The summed E-state index contributed by atoms with van der Waals surface area (Å²) in [5.74, 6) is -0.426. The topological polar surface area (TPSA) is 44.7 Å². The molecule has 6 rings (SSSR count). The van der Waals surface area contributed by atoms with Gasteiger partial charge in [-0.3, -0.25) is 9.88 Å². The number of piperazine rings is 1. The van der Waals surface area contributed by atoms with E-state index in [2.05, 4.69) is 55.0 Å². The Balaban J connectivity index is 1.15. The molecule has 2 saturated heterocycles. The molecule has 4 heterocycles. The molecule has 2 aromatic heterocycles. The molecule has 0 bridgehead atoms. The first-order valence-corrected chi connectivity index (χ1v) is 12.4. The molecular formula is C28H30FN5O. The molecule has 7 heteroatoms. The number of hydrogen-bond donors (Lipinski definition) is 0. The largest absolute Gasteiger partial charge is 0.370 e. The second kappa shape index (κ2) is 9.40. The Morgan fingerprint density at radius 1 is 0.829 bits per heavy atom. The van der Waals surface area contributed by atoms with Crippen LogP contribution < -0.4 is 9.80 Å². The maximum absolute atomic E-state index is 13.8. The number of ether oxygens (including phenoxy) is 1. The highest BCUT2D eigenvalue weighted by Gasteiger charge is 2.33. The van der Waals surface area contributed by atoms with E-state index in [4.69, 9.17) is 4.74 Å². The van der Waals surface area contributed by atoms with Crippen LogP contribution in [0.15, 0.2) is 66.9 Å². The smallest absolute Gasteiger partial charge is 0.213 e. The molecule has 35 heavy (non-hydrogen) atoms. The molecule has 1 atom stereocenters. The lowest BCUT2D eigenvalue weighted by atomic mass is 10.0. The Kier molecular flexibility index (Phi) is 5.96. The van der Waals surface area contributed by atoms with Crippen molar-refractivity contribution in [2.24, 2.45) is 0 Å². The van der Waals surface area contributed by atoms with Gasteiger partial charge in [0.1, 0.15) is 6.23 Å². The molecule has 6 nitrogen and oxygen atoms in total. The van der Waals surface area contributed by atoms with Crippen LogP contribution in [0.3, 0.4) is 0 Å². The van der Waals surface area contributed by atoms with E-state index in [1.807, 2.05) is 30.5 Å². The Bertz CT molecular complexity index is 1330. The van der Waals surface area contributed by atoms with Gasteiger partial charge in [0.05, 0.1) is 22.4 Å². The fourth-order valence-corrected chi connectivity index (χ4v) is 5.73. The number of para-hydroxylation sites is 2. The zero-order chi connectivity index (χ0) is 23.8. The van der Waals surface area contributed by atoms with Crippen LogP contribution in [0.4, 0.5) is 15.8 Å². The van der Waals surface area contributed by atoms with Gasteiger partial charge in [-0.1, -0.05) is 30.3 Å². The third-order valence-electron chi connectivity index (χ3n) is 7.55. The molecule has 2 aliphatic rings. The van der Waals surface area contributed by atoms with Crippen LogP contribution in [0.25, 0.3) is 21.8 Å². The van der Waals surface area contributed by atoms with Crippen molar-refractivity contribution in [2.45, 2.75) is 25.1 Å². The Hall–Kier alpha value is -3.29. The van der Waals surface area contributed by atoms with E-state index < -0.39 is 5.95 Å². The average Bonchev–Trinajstić information content (AvgIpc) is 2.92. The lowest BCUT2D eigenvalue weighted by Crippen LogP contribution is -2.58. The molecule has 2 aromatic carbocycles. The summed E-state index contributed by atoms with van der Waals surface area (Å²) >= 11 is 0. The molecule has 0 saturated carbocycles. The molecule has 0 spiro atoms. The number of halogens is 1. The predicted octanol–water partition coefficient (Wildman–Crippen LogP) is 4.69. The molecule has 0 radical (unpaired) electrons. The first-order chi connectivity index (χ1) is 17.2. The summed E-state index contributed by atoms with van der Waals surface area (Å²) in [6.45, 7) is 4.64. The standard InChI is InChI=1S/C28H30FN5O/c1-35-26-19-33(17-18-34(26)24-9-3-5-20-7-4-14-30-27(20)24)22-12-15-32(16-13-22)23-8-2-6-21-10-11-25(29)31-28(21)23/h2-11,14,22,26H,12-13,15-19H2,1H3. The number of piperidine rings is 1. The highest BCUT2D eigenvalue weighted by molar-refractivity contribution is 5.91. The summed E-state index contributed by atoms with van der Waals surface area (Å²) in [5, 5.41) is 2.13. The number of rotatable bonds is 4. The minimum atomic E-state index is -0.426. The highest BCUT2D eigenvalue weighted by atomic mass is 19.1. The van der Waals surface area contributed by atoms with Crippen LogP contribution in [0, 0.1) is 5.95 Å². The fourth-order valence-electron chi connectivity index (χ4n) is 5.73. The lowest BCUT2D eigenvalue weighted by molar-refractivity contribution is 0.0194. The van der Waals surface area contributed by atoms with Gasteiger partial charge >= 0.3 is 0 Å². The van der Waals surface area contributed by atoms with Gasteiger partial charge in [0.15, 0.2) is 0 Å². The molecular weight excluding hydrogens is 441 g/mol. The summed E-state index contributed by atoms with van der Waals surface area (Å²) in [6, 6.07) is 20.3. The van der Waals surface area contributed by atoms with Crippen molar-refractivity contribution in [3.8, 4) is 0 Å². The van der Waals surface area contributed by atoms with Crippen molar-refractivity contribution in [1.29, 1.82) is 0 Å². The Labute approximate surface area is 204 Å². The Morgan fingerprint density at radius 2 is 1.57 bits per heavy atom. The zero-order valence-corrected chi connectivity index (χ0v) is 20.0. The third-order valence-corrected chi connectivity index (χ3v) is 7.55. The van der Waals surface area contributed by atoms with Crippen molar-refractivity contribution in [3.63, 3.8) is 0 Å². The van der Waals surface area contributed by atoms with E-state index in [9.17, 15) is 4.39 Å². The van der Waals surface area contributed by atoms with E-state index in [0.717, 1.165) is 78.7 Å². The number of methoxy groups -OCH3 is 1. The van der Waals surface area contributed by atoms with E-state index in [1.165, 1.54) is 6.07 Å². The van der Waals surface area contributed by atoms with Crippen LogP contribution in [0.1, 0.15) is 12.8 Å². The number of benzene rings is 2. The van der Waals surface area contributed by atoms with Crippen LogP contribution in [0.2, 0.25) is 0 Å². The fraction of sp³-hybridized carbons (Fsp3) is 0.357. The maximum Gasteiger partial charge on any atom is 0.213 e. The molecule has 0 N–H and O–H groups in total. The number of pyridine rings is 2. The molecule has 0 aliphatic carbocycles. The zero-order valence-electron chi connectivity index (χ0n) is 20.0. The normalized spacial score (nSPS) is 20.1. The van der Waals surface area contributed by atoms with E-state index >= 15 is 0 Å². The summed E-state index contributed by atoms with van der Waals surface area (Å²) in [6.07, 6.45) is 3.98. The second-order valence-electron chi connectivity index (χ2n) is 9.43. The van der Waals surface area contributed by atoms with Gasteiger partial charge in [-0.2, -0.15) is 4.39 Å². The van der Waals surface area contributed by atoms with E-state index in [0.29, 0.717) is 6.04 Å². The van der Waals surface area contributed by atoms with Crippen LogP contribution in [-0.2, 0) is 4.74 Å². The summed E-state index contributed by atoms with van der Waals surface area (Å²) < 4.78 is 19.8. The molecule has 2 aliphatic heterocycles. The van der Waals surface area contributed by atoms with Crippen LogP contribution in [0.5, 0.6) is 0 Å². The van der Waals surface area contributed by atoms with Gasteiger partial charge < -0.3 is 14.5 Å². The summed E-state index contributed by atoms with van der Waals surface area (Å²) in [5.41, 5.74) is 3.95. The van der Waals surface area contributed by atoms with Gasteiger partial charge in [-0.25, -0.2) is 4.98 Å². The van der Waals surface area contributed by atoms with Gasteiger partial charge in [0.25, 0.3) is 0 Å². The molecule has 180 valence electrons. The minimum Gasteiger partial charge on any atom is -0.370 e.